The van der Waals surface area contributed by atoms with Crippen LogP contribution in [0.15, 0.2) is 53.4 Å². The van der Waals surface area contributed by atoms with Crippen molar-refractivity contribution in [2.45, 2.75) is 44.0 Å². The largest absolute Gasteiger partial charge is 0.312 e. The van der Waals surface area contributed by atoms with E-state index in [9.17, 15) is 13.2 Å². The summed E-state index contributed by atoms with van der Waals surface area (Å²) < 4.78 is 28.5. The van der Waals surface area contributed by atoms with E-state index in [1.165, 1.54) is 0 Å². The number of anilines is 1. The van der Waals surface area contributed by atoms with E-state index in [-0.39, 0.29) is 16.8 Å². The van der Waals surface area contributed by atoms with Gasteiger partial charge in [-0.25, -0.2) is 13.1 Å². The number of rotatable bonds is 6. The standard InChI is InChI=1S/C20H24N2O3S/c1-3-18(15-8-6-5-7-9-15)21-26(24,25)17-10-11-19-16(14-17)12-13-22(19)20(23)4-2/h5-11,14,18,21H,3-4,12-13H2,1-2H3/t18-/m1/s1. The molecule has 1 amide bonds. The molecule has 26 heavy (non-hydrogen) atoms. The Morgan fingerprint density at radius 1 is 1.15 bits per heavy atom. The van der Waals surface area contributed by atoms with Gasteiger partial charge in [-0.3, -0.25) is 4.79 Å². The monoisotopic (exact) mass is 372 g/mol. The molecule has 2 aromatic rings. The van der Waals surface area contributed by atoms with Crippen LogP contribution < -0.4 is 9.62 Å². The number of carbonyl (C=O) groups is 1. The molecule has 1 aliphatic rings. The summed E-state index contributed by atoms with van der Waals surface area (Å²) in [5.74, 6) is 0.0626. The molecule has 138 valence electrons. The third kappa shape index (κ3) is 3.66. The number of nitrogens with zero attached hydrogens (tertiary/aromatic N) is 1. The van der Waals surface area contributed by atoms with Crippen LogP contribution in [-0.4, -0.2) is 20.9 Å². The fourth-order valence-corrected chi connectivity index (χ4v) is 4.68. The molecule has 1 atom stereocenters. The van der Waals surface area contributed by atoms with E-state index in [0.717, 1.165) is 16.8 Å². The fourth-order valence-electron chi connectivity index (χ4n) is 3.32. The van der Waals surface area contributed by atoms with E-state index in [4.69, 9.17) is 0 Å². The van der Waals surface area contributed by atoms with Gasteiger partial charge in [-0.2, -0.15) is 0 Å². The number of amides is 1. The Morgan fingerprint density at radius 2 is 1.88 bits per heavy atom. The van der Waals surface area contributed by atoms with Crippen LogP contribution in [0.5, 0.6) is 0 Å². The van der Waals surface area contributed by atoms with Crippen LogP contribution in [0.4, 0.5) is 5.69 Å². The predicted octanol–water partition coefficient (Wildman–Crippen LogP) is 3.42. The highest BCUT2D eigenvalue weighted by Gasteiger charge is 2.26. The molecule has 0 saturated carbocycles. The second kappa shape index (κ2) is 7.60. The van der Waals surface area contributed by atoms with Crippen molar-refractivity contribution in [3.8, 4) is 0 Å². The molecule has 0 unspecified atom stereocenters. The zero-order valence-corrected chi connectivity index (χ0v) is 15.9. The van der Waals surface area contributed by atoms with Crippen molar-refractivity contribution in [3.63, 3.8) is 0 Å². The summed E-state index contributed by atoms with van der Waals surface area (Å²) in [6, 6.07) is 14.3. The Labute approximate surface area is 155 Å². The molecule has 2 aromatic carbocycles. The Morgan fingerprint density at radius 3 is 2.54 bits per heavy atom. The minimum Gasteiger partial charge on any atom is -0.312 e. The van der Waals surface area contributed by atoms with Gasteiger partial charge in [0.2, 0.25) is 15.9 Å². The lowest BCUT2D eigenvalue weighted by molar-refractivity contribution is -0.118. The van der Waals surface area contributed by atoms with E-state index < -0.39 is 10.0 Å². The summed E-state index contributed by atoms with van der Waals surface area (Å²) in [5, 5.41) is 0. The molecule has 1 N–H and O–H groups in total. The summed E-state index contributed by atoms with van der Waals surface area (Å²) >= 11 is 0. The highest BCUT2D eigenvalue weighted by Crippen LogP contribution is 2.31. The molecule has 6 heteroatoms. The van der Waals surface area contributed by atoms with Gasteiger partial charge in [0.25, 0.3) is 0 Å². The molecule has 0 saturated heterocycles. The zero-order chi connectivity index (χ0) is 18.7. The number of benzene rings is 2. The molecule has 0 fully saturated rings. The smallest absolute Gasteiger partial charge is 0.241 e. The molecule has 1 heterocycles. The first-order valence-corrected chi connectivity index (χ1v) is 10.4. The van der Waals surface area contributed by atoms with Gasteiger partial charge in [0, 0.05) is 24.7 Å². The zero-order valence-electron chi connectivity index (χ0n) is 15.1. The normalized spacial score (nSPS) is 14.9. The van der Waals surface area contributed by atoms with Crippen LogP contribution in [0.25, 0.3) is 0 Å². The first kappa shape index (κ1) is 18.6. The van der Waals surface area contributed by atoms with Gasteiger partial charge < -0.3 is 4.90 Å². The quantitative estimate of drug-likeness (QED) is 0.845. The van der Waals surface area contributed by atoms with Gasteiger partial charge >= 0.3 is 0 Å². The molecule has 0 aromatic heterocycles. The van der Waals surface area contributed by atoms with E-state index in [1.807, 2.05) is 44.2 Å². The van der Waals surface area contributed by atoms with Crippen molar-refractivity contribution >= 4 is 21.6 Å². The van der Waals surface area contributed by atoms with Crippen molar-refractivity contribution < 1.29 is 13.2 Å². The number of hydrogen-bond donors (Lipinski definition) is 1. The third-order valence-corrected chi connectivity index (χ3v) is 6.24. The first-order valence-electron chi connectivity index (χ1n) is 8.96. The minimum atomic E-state index is -3.64. The highest BCUT2D eigenvalue weighted by atomic mass is 32.2. The molecule has 0 bridgehead atoms. The molecule has 0 aliphatic carbocycles. The fraction of sp³-hybridized carbons (Fsp3) is 0.350. The van der Waals surface area contributed by atoms with Crippen molar-refractivity contribution in [3.05, 3.63) is 59.7 Å². The van der Waals surface area contributed by atoms with Gasteiger partial charge in [0.1, 0.15) is 0 Å². The lowest BCUT2D eigenvalue weighted by Gasteiger charge is -2.19. The number of sulfonamides is 1. The Kier molecular flexibility index (Phi) is 5.44. The first-order chi connectivity index (χ1) is 12.5. The maximum absolute atomic E-state index is 12.9. The van der Waals surface area contributed by atoms with Crippen LogP contribution in [0.3, 0.4) is 0 Å². The van der Waals surface area contributed by atoms with Crippen molar-refractivity contribution in [1.29, 1.82) is 0 Å². The van der Waals surface area contributed by atoms with E-state index in [1.54, 1.807) is 23.1 Å². The number of carbonyl (C=O) groups excluding carboxylic acids is 1. The number of hydrogen-bond acceptors (Lipinski definition) is 3. The van der Waals surface area contributed by atoms with Crippen LogP contribution in [0.1, 0.15) is 43.9 Å². The van der Waals surface area contributed by atoms with E-state index in [2.05, 4.69) is 4.72 Å². The molecular formula is C20H24N2O3S. The van der Waals surface area contributed by atoms with Crippen LogP contribution >= 0.6 is 0 Å². The average Bonchev–Trinajstić information content (AvgIpc) is 3.09. The third-order valence-electron chi connectivity index (χ3n) is 4.77. The summed E-state index contributed by atoms with van der Waals surface area (Å²) in [6.07, 6.45) is 1.78. The molecule has 1 aliphatic heterocycles. The minimum absolute atomic E-state index is 0.0626. The van der Waals surface area contributed by atoms with Crippen molar-refractivity contribution in [2.24, 2.45) is 0 Å². The second-order valence-corrected chi connectivity index (χ2v) is 8.15. The topological polar surface area (TPSA) is 66.5 Å². The van der Waals surface area contributed by atoms with E-state index in [0.29, 0.717) is 25.8 Å². The predicted molar refractivity (Wildman–Crippen MR) is 103 cm³/mol. The number of fused-ring (bicyclic) bond motifs is 1. The van der Waals surface area contributed by atoms with Crippen LogP contribution in [0.2, 0.25) is 0 Å². The lowest BCUT2D eigenvalue weighted by Crippen LogP contribution is -2.29. The van der Waals surface area contributed by atoms with Gasteiger partial charge in [0.05, 0.1) is 4.90 Å². The van der Waals surface area contributed by atoms with Gasteiger partial charge in [-0.1, -0.05) is 44.2 Å². The van der Waals surface area contributed by atoms with Gasteiger partial charge in [-0.15, -0.1) is 0 Å². The summed E-state index contributed by atoms with van der Waals surface area (Å²) in [5.41, 5.74) is 2.67. The average molecular weight is 372 g/mol. The molecular weight excluding hydrogens is 348 g/mol. The molecule has 0 radical (unpaired) electrons. The van der Waals surface area contributed by atoms with Crippen molar-refractivity contribution in [2.75, 3.05) is 11.4 Å². The van der Waals surface area contributed by atoms with Gasteiger partial charge in [0.15, 0.2) is 0 Å². The molecule has 3 rings (SSSR count). The Balaban J connectivity index is 1.85. The maximum atomic E-state index is 12.9. The van der Waals surface area contributed by atoms with Gasteiger partial charge in [-0.05, 0) is 42.2 Å². The van der Waals surface area contributed by atoms with Crippen LogP contribution in [0, 0.1) is 0 Å². The summed E-state index contributed by atoms with van der Waals surface area (Å²) in [7, 11) is -3.64. The highest BCUT2D eigenvalue weighted by molar-refractivity contribution is 7.89. The molecule has 0 spiro atoms. The summed E-state index contributed by atoms with van der Waals surface area (Å²) in [4.78, 5) is 14.0. The van der Waals surface area contributed by atoms with E-state index >= 15 is 0 Å². The lowest BCUT2D eigenvalue weighted by atomic mass is 10.1. The maximum Gasteiger partial charge on any atom is 0.241 e. The van der Waals surface area contributed by atoms with Crippen molar-refractivity contribution in [1.82, 2.24) is 4.72 Å². The summed E-state index contributed by atoms with van der Waals surface area (Å²) in [6.45, 7) is 4.40. The molecule has 5 nitrogen and oxygen atoms in total. The van der Waals surface area contributed by atoms with Crippen LogP contribution in [-0.2, 0) is 21.2 Å². The number of nitrogens with one attached hydrogen (secondary N) is 1. The SMILES string of the molecule is CCC(=O)N1CCc2cc(S(=O)(=O)N[C@H](CC)c3ccccc3)ccc21. The Bertz CT molecular complexity index is 895. The second-order valence-electron chi connectivity index (χ2n) is 6.43. The Hall–Kier alpha value is -2.18.